The fourth-order valence-corrected chi connectivity index (χ4v) is 2.32. The van der Waals surface area contributed by atoms with Gasteiger partial charge in [-0.2, -0.15) is 0 Å². The van der Waals surface area contributed by atoms with Gasteiger partial charge in [-0.3, -0.25) is 4.90 Å². The van der Waals surface area contributed by atoms with Crippen LogP contribution in [-0.4, -0.2) is 36.4 Å². The van der Waals surface area contributed by atoms with Gasteiger partial charge in [0.1, 0.15) is 12.2 Å². The van der Waals surface area contributed by atoms with Crippen LogP contribution in [0.2, 0.25) is 0 Å². The van der Waals surface area contributed by atoms with Gasteiger partial charge in [-0.15, -0.1) is 0 Å². The number of nitrogens with zero attached hydrogens (tertiary/aromatic N) is 2. The molecule has 0 saturated heterocycles. The van der Waals surface area contributed by atoms with Crippen LogP contribution in [0.4, 0.5) is 10.5 Å². The molecule has 21 heavy (non-hydrogen) atoms. The molecule has 1 amide bonds. The summed E-state index contributed by atoms with van der Waals surface area (Å²) >= 11 is 3.39. The van der Waals surface area contributed by atoms with E-state index < -0.39 is 11.7 Å². The molecular formula is C14H19BrN2O4. The molecule has 0 saturated carbocycles. The smallest absolute Gasteiger partial charge is 0.415 e. The number of rotatable bonds is 2. The molecule has 2 heterocycles. The first-order valence-electron chi connectivity index (χ1n) is 6.78. The van der Waals surface area contributed by atoms with Crippen molar-refractivity contribution in [3.05, 3.63) is 10.7 Å². The summed E-state index contributed by atoms with van der Waals surface area (Å²) in [6, 6.07) is 0. The quantitative estimate of drug-likeness (QED) is 0.810. The van der Waals surface area contributed by atoms with E-state index in [1.54, 1.807) is 6.20 Å². The summed E-state index contributed by atoms with van der Waals surface area (Å²) in [5.41, 5.74) is -0.0625. The average molecular weight is 359 g/mol. The van der Waals surface area contributed by atoms with E-state index in [9.17, 15) is 4.79 Å². The van der Waals surface area contributed by atoms with Crippen molar-refractivity contribution in [2.45, 2.75) is 33.3 Å². The number of fused-ring (bicyclic) bond motifs is 1. The predicted molar refractivity (Wildman–Crippen MR) is 82.2 cm³/mol. The molecule has 116 valence electrons. The van der Waals surface area contributed by atoms with Gasteiger partial charge in [0.15, 0.2) is 11.4 Å². The molecule has 0 spiro atoms. The Hall–Kier alpha value is -1.50. The number of ether oxygens (including phenoxy) is 3. The largest absolute Gasteiger partial charge is 0.490 e. The molecule has 0 atom stereocenters. The standard InChI is InChI=1S/C14H19BrN2O4/c1-5-19-11-9(15)8-16-12-10(11)17(6-7-20-12)13(18)21-14(2,3)4/h8H,5-7H2,1-4H3. The minimum Gasteiger partial charge on any atom is -0.490 e. The van der Waals surface area contributed by atoms with E-state index in [1.807, 2.05) is 27.7 Å². The lowest BCUT2D eigenvalue weighted by Gasteiger charge is -2.32. The highest BCUT2D eigenvalue weighted by Gasteiger charge is 2.33. The number of hydrogen-bond donors (Lipinski definition) is 0. The zero-order valence-corrected chi connectivity index (χ0v) is 14.2. The van der Waals surface area contributed by atoms with Gasteiger partial charge in [0.25, 0.3) is 0 Å². The summed E-state index contributed by atoms with van der Waals surface area (Å²) in [7, 11) is 0. The molecule has 1 aromatic rings. The SMILES string of the molecule is CCOc1c(Br)cnc2c1N(C(=O)OC(C)(C)C)CCO2. The van der Waals surface area contributed by atoms with Crippen LogP contribution in [-0.2, 0) is 4.74 Å². The third-order valence-corrected chi connectivity index (χ3v) is 3.22. The van der Waals surface area contributed by atoms with Crippen LogP contribution in [0, 0.1) is 0 Å². The number of amides is 1. The maximum atomic E-state index is 12.4. The Balaban J connectivity index is 2.41. The van der Waals surface area contributed by atoms with Crippen LogP contribution in [0.5, 0.6) is 11.6 Å². The topological polar surface area (TPSA) is 60.9 Å². The van der Waals surface area contributed by atoms with Crippen molar-refractivity contribution in [1.29, 1.82) is 0 Å². The van der Waals surface area contributed by atoms with E-state index in [-0.39, 0.29) is 0 Å². The van der Waals surface area contributed by atoms with Gasteiger partial charge in [0, 0.05) is 6.20 Å². The number of pyridine rings is 1. The predicted octanol–water partition coefficient (Wildman–Crippen LogP) is 3.38. The molecule has 0 N–H and O–H groups in total. The molecule has 6 nitrogen and oxygen atoms in total. The molecule has 1 aliphatic rings. The maximum absolute atomic E-state index is 12.4. The van der Waals surface area contributed by atoms with Crippen molar-refractivity contribution in [1.82, 2.24) is 4.98 Å². The number of carbonyl (C=O) groups is 1. The highest BCUT2D eigenvalue weighted by atomic mass is 79.9. The summed E-state index contributed by atoms with van der Waals surface area (Å²) in [6.45, 7) is 8.59. The van der Waals surface area contributed by atoms with Crippen LogP contribution in [0.25, 0.3) is 0 Å². The number of anilines is 1. The summed E-state index contributed by atoms with van der Waals surface area (Å²) < 4.78 is 17.3. The monoisotopic (exact) mass is 358 g/mol. The summed E-state index contributed by atoms with van der Waals surface area (Å²) in [6.07, 6.45) is 1.16. The van der Waals surface area contributed by atoms with Crippen LogP contribution in [0.3, 0.4) is 0 Å². The zero-order chi connectivity index (χ0) is 15.6. The molecule has 1 aliphatic heterocycles. The second kappa shape index (κ2) is 6.09. The first kappa shape index (κ1) is 15.9. The van der Waals surface area contributed by atoms with Gasteiger partial charge in [0.2, 0.25) is 5.88 Å². The molecule has 1 aromatic heterocycles. The molecular weight excluding hydrogens is 340 g/mol. The molecule has 0 aliphatic carbocycles. The Labute approximate surface area is 132 Å². The van der Waals surface area contributed by atoms with E-state index >= 15 is 0 Å². The molecule has 0 fully saturated rings. The Morgan fingerprint density at radius 3 is 2.86 bits per heavy atom. The second-order valence-electron chi connectivity index (χ2n) is 5.50. The second-order valence-corrected chi connectivity index (χ2v) is 6.36. The molecule has 2 rings (SSSR count). The molecule has 0 aromatic carbocycles. The lowest BCUT2D eigenvalue weighted by atomic mass is 10.2. The number of hydrogen-bond acceptors (Lipinski definition) is 5. The van der Waals surface area contributed by atoms with E-state index in [0.29, 0.717) is 41.5 Å². The summed E-state index contributed by atoms with van der Waals surface area (Å²) in [5, 5.41) is 0. The molecule has 0 radical (unpaired) electrons. The van der Waals surface area contributed by atoms with E-state index in [1.165, 1.54) is 4.90 Å². The van der Waals surface area contributed by atoms with Gasteiger partial charge < -0.3 is 14.2 Å². The van der Waals surface area contributed by atoms with Crippen LogP contribution >= 0.6 is 15.9 Å². The molecule has 0 unspecified atom stereocenters. The Morgan fingerprint density at radius 1 is 1.52 bits per heavy atom. The Kier molecular flexibility index (Phi) is 4.61. The van der Waals surface area contributed by atoms with Crippen molar-refractivity contribution >= 4 is 27.7 Å². The number of carbonyl (C=O) groups excluding carboxylic acids is 1. The van der Waals surface area contributed by atoms with Crippen molar-refractivity contribution in [2.75, 3.05) is 24.7 Å². The maximum Gasteiger partial charge on any atom is 0.415 e. The van der Waals surface area contributed by atoms with Gasteiger partial charge in [-0.1, -0.05) is 0 Å². The highest BCUT2D eigenvalue weighted by molar-refractivity contribution is 9.10. The van der Waals surface area contributed by atoms with Crippen LogP contribution < -0.4 is 14.4 Å². The van der Waals surface area contributed by atoms with Gasteiger partial charge in [-0.25, -0.2) is 9.78 Å². The third kappa shape index (κ3) is 3.58. The van der Waals surface area contributed by atoms with Crippen molar-refractivity contribution in [3.8, 4) is 11.6 Å². The van der Waals surface area contributed by atoms with E-state index in [0.717, 1.165) is 0 Å². The fourth-order valence-electron chi connectivity index (χ4n) is 1.92. The minimum absolute atomic E-state index is 0.368. The van der Waals surface area contributed by atoms with E-state index in [2.05, 4.69) is 20.9 Å². The normalized spacial score (nSPS) is 14.2. The third-order valence-electron chi connectivity index (χ3n) is 2.66. The Bertz CT molecular complexity index is 543. The van der Waals surface area contributed by atoms with Crippen molar-refractivity contribution in [3.63, 3.8) is 0 Å². The molecule has 7 heteroatoms. The number of halogens is 1. The fraction of sp³-hybridized carbons (Fsp3) is 0.571. The zero-order valence-electron chi connectivity index (χ0n) is 12.6. The van der Waals surface area contributed by atoms with Gasteiger partial charge in [0.05, 0.1) is 17.6 Å². The van der Waals surface area contributed by atoms with Crippen molar-refractivity contribution in [2.24, 2.45) is 0 Å². The molecule has 0 bridgehead atoms. The first-order chi connectivity index (χ1) is 9.83. The lowest BCUT2D eigenvalue weighted by molar-refractivity contribution is 0.0565. The minimum atomic E-state index is -0.569. The van der Waals surface area contributed by atoms with Crippen molar-refractivity contribution < 1.29 is 19.0 Å². The van der Waals surface area contributed by atoms with Gasteiger partial charge in [-0.05, 0) is 43.6 Å². The van der Waals surface area contributed by atoms with Crippen LogP contribution in [0.1, 0.15) is 27.7 Å². The first-order valence-corrected chi connectivity index (χ1v) is 7.57. The highest BCUT2D eigenvalue weighted by Crippen LogP contribution is 2.43. The Morgan fingerprint density at radius 2 is 2.24 bits per heavy atom. The summed E-state index contributed by atoms with van der Waals surface area (Å²) in [5.74, 6) is 0.909. The van der Waals surface area contributed by atoms with Crippen LogP contribution in [0.15, 0.2) is 10.7 Å². The van der Waals surface area contributed by atoms with E-state index in [4.69, 9.17) is 14.2 Å². The summed E-state index contributed by atoms with van der Waals surface area (Å²) in [4.78, 5) is 18.1. The van der Waals surface area contributed by atoms with Gasteiger partial charge >= 0.3 is 6.09 Å². The number of aromatic nitrogens is 1. The lowest BCUT2D eigenvalue weighted by Crippen LogP contribution is -2.42. The average Bonchev–Trinajstić information content (AvgIpc) is 2.39.